The molecule has 1 aliphatic heterocycles. The van der Waals surface area contributed by atoms with Crippen molar-refractivity contribution in [3.05, 3.63) is 39.7 Å². The predicted octanol–water partition coefficient (Wildman–Crippen LogP) is 1.60. The zero-order valence-electron chi connectivity index (χ0n) is 23.6. The minimum atomic E-state index is -2.69. The fraction of sp³-hybridized carbons (Fsp3) is 0.567. The molecule has 3 aliphatic carbocycles. The first kappa shape index (κ1) is 31.5. The highest BCUT2D eigenvalue weighted by atomic mass is 19.1. The number of aromatic hydroxyl groups is 1. The number of halogens is 1. The van der Waals surface area contributed by atoms with E-state index in [1.165, 1.54) is 4.90 Å². The molecule has 4 aliphatic rings. The van der Waals surface area contributed by atoms with Crippen molar-refractivity contribution in [3.8, 4) is 5.75 Å². The molecule has 1 amide bonds. The van der Waals surface area contributed by atoms with Gasteiger partial charge in [0, 0.05) is 49.9 Å². The van der Waals surface area contributed by atoms with Crippen LogP contribution in [0.25, 0.3) is 5.76 Å². The number of primary amides is 1. The van der Waals surface area contributed by atoms with E-state index in [4.69, 9.17) is 5.73 Å². The second-order valence-electron chi connectivity index (χ2n) is 12.1. The first-order valence-electron chi connectivity index (χ1n) is 13.8. The summed E-state index contributed by atoms with van der Waals surface area (Å²) in [6.45, 7) is 1.09. The topological polar surface area (TPSA) is 168 Å². The molecule has 1 unspecified atom stereocenters. The van der Waals surface area contributed by atoms with Gasteiger partial charge in [0.15, 0.2) is 11.4 Å². The number of likely N-dealkylation sites (N-methyl/N-ethyl adjacent to an activating group) is 1. The van der Waals surface area contributed by atoms with Crippen molar-refractivity contribution in [2.75, 3.05) is 46.2 Å². The van der Waals surface area contributed by atoms with Crippen molar-refractivity contribution in [2.45, 2.75) is 57.5 Å². The van der Waals surface area contributed by atoms with E-state index in [0.29, 0.717) is 36.2 Å². The Morgan fingerprint density at radius 1 is 1.19 bits per heavy atom. The number of rotatable bonds is 5. The molecule has 1 saturated carbocycles. The number of phenolic OH excluding ortho intramolecular Hbond substituents is 1. The molecule has 1 aromatic rings. The summed E-state index contributed by atoms with van der Waals surface area (Å²) in [5.74, 6) is -6.82. The predicted molar refractivity (Wildman–Crippen MR) is 155 cm³/mol. The number of hydrogen-bond donors (Lipinski definition) is 5. The first-order valence-corrected chi connectivity index (χ1v) is 13.8. The van der Waals surface area contributed by atoms with E-state index in [1.807, 2.05) is 23.9 Å². The van der Waals surface area contributed by atoms with Gasteiger partial charge in [-0.05, 0) is 63.9 Å². The van der Waals surface area contributed by atoms with E-state index < -0.39 is 64.2 Å². The quantitative estimate of drug-likeness (QED) is 0.319. The number of carbonyl (C=O) groups excluding carboxylic acids is 3. The number of likely N-dealkylation sites (tertiary alicyclic amines) is 1. The van der Waals surface area contributed by atoms with E-state index in [-0.39, 0.29) is 50.2 Å². The highest BCUT2D eigenvalue weighted by Crippen LogP contribution is 2.54. The van der Waals surface area contributed by atoms with Gasteiger partial charge in [-0.1, -0.05) is 7.43 Å². The lowest BCUT2D eigenvalue weighted by molar-refractivity contribution is -0.153. The highest BCUT2D eigenvalue weighted by Gasteiger charge is 2.64. The van der Waals surface area contributed by atoms with Crippen LogP contribution in [0.3, 0.4) is 0 Å². The summed E-state index contributed by atoms with van der Waals surface area (Å²) < 4.78 is 14.1. The van der Waals surface area contributed by atoms with Crippen molar-refractivity contribution in [3.63, 3.8) is 0 Å². The third-order valence-electron chi connectivity index (χ3n) is 9.10. The summed E-state index contributed by atoms with van der Waals surface area (Å²) in [6, 6.07) is 0.663. The van der Waals surface area contributed by atoms with Gasteiger partial charge >= 0.3 is 0 Å². The average molecular weight is 589 g/mol. The Morgan fingerprint density at radius 2 is 1.86 bits per heavy atom. The molecular formula is C30H41FN4O7. The molecule has 6 N–H and O–H groups in total. The number of ketones is 2. The van der Waals surface area contributed by atoms with E-state index in [1.54, 1.807) is 20.2 Å². The van der Waals surface area contributed by atoms with E-state index >= 15 is 0 Å². The minimum Gasteiger partial charge on any atom is -0.508 e. The van der Waals surface area contributed by atoms with E-state index in [0.717, 1.165) is 0 Å². The Labute approximate surface area is 244 Å². The number of fused-ring (bicyclic) bond motifs is 3. The van der Waals surface area contributed by atoms with Gasteiger partial charge in [0.05, 0.1) is 11.6 Å². The van der Waals surface area contributed by atoms with Gasteiger partial charge in [0.25, 0.3) is 5.91 Å². The Morgan fingerprint density at radius 3 is 2.43 bits per heavy atom. The zero-order valence-corrected chi connectivity index (χ0v) is 23.6. The van der Waals surface area contributed by atoms with Gasteiger partial charge < -0.3 is 31.1 Å². The van der Waals surface area contributed by atoms with Crippen LogP contribution < -0.4 is 10.6 Å². The molecule has 0 aromatic heterocycles. The molecule has 1 heterocycles. The zero-order chi connectivity index (χ0) is 30.1. The lowest BCUT2D eigenvalue weighted by Crippen LogP contribution is -2.65. The number of Topliss-reactive ketones (excluding diaryl/α,β-unsaturated/α-hetero) is 2. The molecule has 42 heavy (non-hydrogen) atoms. The average Bonchev–Trinajstić information content (AvgIpc) is 2.87. The number of carbonyl (C=O) groups is 3. The molecule has 5 atom stereocenters. The fourth-order valence-corrected chi connectivity index (χ4v) is 7.25. The molecule has 0 bridgehead atoms. The number of aliphatic hydroxyl groups excluding tert-OH is 2. The number of nitrogens with two attached hydrogens (primary N) is 1. The molecule has 5 rings (SSSR count). The SMILES string of the molecule is C.CN(C)c1cc(CN2CCCC(F)C2)c(O)c2c1C[C@H]1C[C@H]3[C@H](N(C)C)C(=O)C(C(N)=O)=C(O)[C@@]3(O)C(=O)C1=C2O. The van der Waals surface area contributed by atoms with Crippen LogP contribution in [-0.4, -0.2) is 107 Å². The number of aliphatic hydroxyl groups is 3. The van der Waals surface area contributed by atoms with Gasteiger partial charge in [-0.15, -0.1) is 0 Å². The second-order valence-corrected chi connectivity index (χ2v) is 12.1. The molecule has 11 nitrogen and oxygen atoms in total. The van der Waals surface area contributed by atoms with Crippen LogP contribution in [0, 0.1) is 11.8 Å². The molecule has 1 aromatic carbocycles. The van der Waals surface area contributed by atoms with Crippen molar-refractivity contribution in [2.24, 2.45) is 17.6 Å². The van der Waals surface area contributed by atoms with Crippen LogP contribution in [0.15, 0.2) is 23.0 Å². The molecule has 0 spiro atoms. The number of piperidine rings is 1. The third kappa shape index (κ3) is 4.56. The number of nitrogens with zero attached hydrogens (tertiary/aromatic N) is 3. The van der Waals surface area contributed by atoms with Crippen LogP contribution in [0.1, 0.15) is 43.4 Å². The van der Waals surface area contributed by atoms with Crippen molar-refractivity contribution >= 4 is 28.9 Å². The van der Waals surface area contributed by atoms with Crippen molar-refractivity contribution in [1.29, 1.82) is 0 Å². The molecule has 1 saturated heterocycles. The monoisotopic (exact) mass is 588 g/mol. The molecule has 12 heteroatoms. The summed E-state index contributed by atoms with van der Waals surface area (Å²) in [6.07, 6.45) is 0.411. The maximum atomic E-state index is 14.1. The Balaban J connectivity index is 0.00000405. The summed E-state index contributed by atoms with van der Waals surface area (Å²) in [5, 5.41) is 45.8. The van der Waals surface area contributed by atoms with Crippen LogP contribution in [0.2, 0.25) is 0 Å². The maximum Gasteiger partial charge on any atom is 0.255 e. The van der Waals surface area contributed by atoms with Crippen LogP contribution in [-0.2, 0) is 27.3 Å². The van der Waals surface area contributed by atoms with Crippen molar-refractivity contribution in [1.82, 2.24) is 9.80 Å². The maximum absolute atomic E-state index is 14.1. The number of anilines is 1. The third-order valence-corrected chi connectivity index (χ3v) is 9.10. The fourth-order valence-electron chi connectivity index (χ4n) is 7.25. The molecule has 0 radical (unpaired) electrons. The van der Waals surface area contributed by atoms with Crippen LogP contribution in [0.5, 0.6) is 5.75 Å². The normalized spacial score (nSPS) is 29.6. The summed E-state index contributed by atoms with van der Waals surface area (Å²) in [4.78, 5) is 44.7. The van der Waals surface area contributed by atoms with Gasteiger partial charge in [-0.25, -0.2) is 4.39 Å². The molecule has 2 fully saturated rings. The second kappa shape index (κ2) is 11.0. The molecular weight excluding hydrogens is 547 g/mol. The largest absolute Gasteiger partial charge is 0.508 e. The van der Waals surface area contributed by atoms with Crippen molar-refractivity contribution < 1.29 is 39.2 Å². The standard InChI is InChI=1S/C29H37FN4O7.CH4/c1-32(2)18-10-14(11-34-7-5-6-15(30)12-34)23(35)20-16(18)8-13-9-17-22(33(3)4)25(37)21(28(31)40)27(39)29(17,41)26(38)19(13)24(20)36;/h10,13,15,17,22,35-36,39,41H,5-9,11-12H2,1-4H3,(H2,31,40);1H4/t13-,15?,17-,22-,29-;/m0./s1. The van der Waals surface area contributed by atoms with Gasteiger partial charge in [0.1, 0.15) is 29.0 Å². The Hall–Kier alpha value is -3.48. The summed E-state index contributed by atoms with van der Waals surface area (Å²) >= 11 is 0. The van der Waals surface area contributed by atoms with E-state index in [2.05, 4.69) is 0 Å². The number of benzene rings is 1. The van der Waals surface area contributed by atoms with Gasteiger partial charge in [0.2, 0.25) is 5.78 Å². The minimum absolute atomic E-state index is 0. The number of amides is 1. The summed E-state index contributed by atoms with van der Waals surface area (Å²) in [7, 11) is 6.74. The number of hydrogen-bond acceptors (Lipinski definition) is 10. The number of phenols is 1. The molecule has 230 valence electrons. The highest BCUT2D eigenvalue weighted by molar-refractivity contribution is 6.24. The van der Waals surface area contributed by atoms with Gasteiger partial charge in [-0.3, -0.25) is 24.2 Å². The van der Waals surface area contributed by atoms with Crippen LogP contribution in [0.4, 0.5) is 10.1 Å². The lowest BCUT2D eigenvalue weighted by atomic mass is 9.57. The number of alkyl halides is 1. The van der Waals surface area contributed by atoms with E-state index in [9.17, 15) is 39.2 Å². The first-order chi connectivity index (χ1) is 19.2. The lowest BCUT2D eigenvalue weighted by Gasteiger charge is -2.50. The van der Waals surface area contributed by atoms with Crippen LogP contribution >= 0.6 is 0 Å². The van der Waals surface area contributed by atoms with Gasteiger partial charge in [-0.2, -0.15) is 0 Å². The Bertz CT molecular complexity index is 1400. The summed E-state index contributed by atoms with van der Waals surface area (Å²) in [5.41, 5.74) is 3.42. The smallest absolute Gasteiger partial charge is 0.255 e. The Kier molecular flexibility index (Phi) is 8.22.